The van der Waals surface area contributed by atoms with E-state index in [1.165, 1.54) is 7.11 Å². The summed E-state index contributed by atoms with van der Waals surface area (Å²) in [7, 11) is 1.27. The Bertz CT molecular complexity index is 307. The minimum absolute atomic E-state index is 0.108. The van der Waals surface area contributed by atoms with Gasteiger partial charge in [0.2, 0.25) is 11.6 Å². The summed E-state index contributed by atoms with van der Waals surface area (Å²) in [6.45, 7) is 0. The first-order valence-electron chi connectivity index (χ1n) is 2.74. The monoisotopic (exact) mass is 153 g/mol. The van der Waals surface area contributed by atoms with Gasteiger partial charge in [0.05, 0.1) is 13.3 Å². The Kier molecular flexibility index (Phi) is 1.97. The van der Waals surface area contributed by atoms with Crippen molar-refractivity contribution in [2.75, 3.05) is 7.11 Å². The Morgan fingerprint density at radius 1 is 1.73 bits per heavy atom. The molecule has 0 atom stereocenters. The van der Waals surface area contributed by atoms with Crippen molar-refractivity contribution in [1.29, 1.82) is 5.26 Å². The van der Waals surface area contributed by atoms with Gasteiger partial charge < -0.3 is 4.74 Å². The summed E-state index contributed by atoms with van der Waals surface area (Å²) in [5.41, 5.74) is 0. The van der Waals surface area contributed by atoms with Crippen LogP contribution in [-0.2, 0) is 0 Å². The van der Waals surface area contributed by atoms with Crippen molar-refractivity contribution in [3.63, 3.8) is 0 Å². The maximum absolute atomic E-state index is 12.5. The molecule has 0 saturated carbocycles. The molecule has 1 aromatic heterocycles. The van der Waals surface area contributed by atoms with Crippen molar-refractivity contribution in [2.24, 2.45) is 0 Å². The van der Waals surface area contributed by atoms with Gasteiger partial charge in [-0.1, -0.05) is 0 Å². The number of nitriles is 1. The summed E-state index contributed by atoms with van der Waals surface area (Å²) in [4.78, 5) is 6.82. The lowest BCUT2D eigenvalue weighted by Crippen LogP contribution is -1.96. The van der Waals surface area contributed by atoms with Gasteiger partial charge in [-0.2, -0.15) is 14.6 Å². The van der Waals surface area contributed by atoms with E-state index >= 15 is 0 Å². The molecule has 0 fully saturated rings. The molecule has 0 aliphatic heterocycles. The van der Waals surface area contributed by atoms with E-state index in [0.717, 1.165) is 6.20 Å². The number of methoxy groups -OCH3 is 1. The summed E-state index contributed by atoms with van der Waals surface area (Å²) in [5.74, 6) is -0.994. The molecule has 0 bridgehead atoms. The smallest absolute Gasteiger partial charge is 0.254 e. The number of rotatable bonds is 1. The fourth-order valence-corrected chi connectivity index (χ4v) is 0.549. The fourth-order valence-electron chi connectivity index (χ4n) is 0.549. The van der Waals surface area contributed by atoms with Crippen LogP contribution in [0.3, 0.4) is 0 Å². The molecule has 11 heavy (non-hydrogen) atoms. The van der Waals surface area contributed by atoms with Crippen LogP contribution in [0.4, 0.5) is 4.39 Å². The second kappa shape index (κ2) is 2.92. The zero-order valence-corrected chi connectivity index (χ0v) is 5.71. The second-order valence-corrected chi connectivity index (χ2v) is 1.66. The highest BCUT2D eigenvalue weighted by molar-refractivity contribution is 5.17. The molecule has 0 aromatic carbocycles. The van der Waals surface area contributed by atoms with Gasteiger partial charge in [-0.05, 0) is 0 Å². The number of hydrogen-bond donors (Lipinski definition) is 0. The van der Waals surface area contributed by atoms with Crippen LogP contribution in [0.25, 0.3) is 0 Å². The van der Waals surface area contributed by atoms with Crippen LogP contribution < -0.4 is 4.74 Å². The van der Waals surface area contributed by atoms with Crippen molar-refractivity contribution in [2.45, 2.75) is 0 Å². The molecule has 56 valence electrons. The van der Waals surface area contributed by atoms with Crippen molar-refractivity contribution >= 4 is 0 Å². The number of halogens is 1. The molecule has 1 aromatic rings. The van der Waals surface area contributed by atoms with Gasteiger partial charge in [-0.3, -0.25) is 0 Å². The van der Waals surface area contributed by atoms with E-state index in [1.807, 2.05) is 0 Å². The lowest BCUT2D eigenvalue weighted by atomic mass is 10.5. The molecule has 0 N–H and O–H groups in total. The minimum Gasteiger partial charge on any atom is -0.479 e. The first kappa shape index (κ1) is 7.41. The van der Waals surface area contributed by atoms with Crippen LogP contribution in [0.1, 0.15) is 5.82 Å². The first-order chi connectivity index (χ1) is 5.27. The van der Waals surface area contributed by atoms with Crippen LogP contribution in [0, 0.1) is 17.1 Å². The molecule has 1 heterocycles. The summed E-state index contributed by atoms with van der Waals surface area (Å²) in [6.07, 6.45) is 0.893. The van der Waals surface area contributed by atoms with Crippen molar-refractivity contribution in [1.82, 2.24) is 9.97 Å². The summed E-state index contributed by atoms with van der Waals surface area (Å²) in [6, 6.07) is 1.66. The molecule has 0 spiro atoms. The quantitative estimate of drug-likeness (QED) is 0.589. The number of hydrogen-bond acceptors (Lipinski definition) is 4. The molecule has 5 heteroatoms. The third-order valence-electron chi connectivity index (χ3n) is 1.01. The van der Waals surface area contributed by atoms with Crippen LogP contribution in [0.2, 0.25) is 0 Å². The lowest BCUT2D eigenvalue weighted by Gasteiger charge is -1.97. The zero-order valence-electron chi connectivity index (χ0n) is 5.71. The largest absolute Gasteiger partial charge is 0.479 e. The van der Waals surface area contributed by atoms with E-state index in [0.29, 0.717) is 0 Å². The SMILES string of the molecule is COc1nc(C#N)ncc1F. The molecular weight excluding hydrogens is 149 g/mol. The molecule has 0 radical (unpaired) electrons. The highest BCUT2D eigenvalue weighted by Gasteiger charge is 2.04. The maximum Gasteiger partial charge on any atom is 0.254 e. The van der Waals surface area contributed by atoms with Crippen molar-refractivity contribution in [3.05, 3.63) is 17.8 Å². The molecule has 0 saturated heterocycles. The predicted octanol–water partition coefficient (Wildman–Crippen LogP) is 0.496. The van der Waals surface area contributed by atoms with Gasteiger partial charge in [0.25, 0.3) is 5.88 Å². The molecule has 4 nitrogen and oxygen atoms in total. The van der Waals surface area contributed by atoms with Gasteiger partial charge in [0, 0.05) is 0 Å². The van der Waals surface area contributed by atoms with Crippen LogP contribution >= 0.6 is 0 Å². The zero-order chi connectivity index (χ0) is 8.27. The fraction of sp³-hybridized carbons (Fsp3) is 0.167. The van der Waals surface area contributed by atoms with Gasteiger partial charge in [-0.15, -0.1) is 0 Å². The Labute approximate surface area is 62.3 Å². The maximum atomic E-state index is 12.5. The average Bonchev–Trinajstić information content (AvgIpc) is 2.05. The summed E-state index contributed by atoms with van der Waals surface area (Å²) < 4.78 is 17.1. The molecular formula is C6H4FN3O. The molecule has 1 rings (SSSR count). The lowest BCUT2D eigenvalue weighted by molar-refractivity contribution is 0.366. The van der Waals surface area contributed by atoms with Crippen LogP contribution in [-0.4, -0.2) is 17.1 Å². The first-order valence-corrected chi connectivity index (χ1v) is 2.74. The number of nitrogens with zero attached hydrogens (tertiary/aromatic N) is 3. The van der Waals surface area contributed by atoms with E-state index in [4.69, 9.17) is 5.26 Å². The van der Waals surface area contributed by atoms with Gasteiger partial charge in [0.15, 0.2) is 0 Å². The van der Waals surface area contributed by atoms with E-state index in [1.54, 1.807) is 6.07 Å². The minimum atomic E-state index is -0.675. The molecule has 0 aliphatic carbocycles. The summed E-state index contributed by atoms with van der Waals surface area (Å²) in [5, 5.41) is 8.30. The van der Waals surface area contributed by atoms with Gasteiger partial charge in [-0.25, -0.2) is 4.98 Å². The Balaban J connectivity index is 3.15. The van der Waals surface area contributed by atoms with Gasteiger partial charge >= 0.3 is 0 Å². The Morgan fingerprint density at radius 3 is 3.00 bits per heavy atom. The Hall–Kier alpha value is -1.70. The molecule has 0 aliphatic rings. The number of ether oxygens (including phenoxy) is 1. The van der Waals surface area contributed by atoms with Crippen LogP contribution in [0.5, 0.6) is 5.88 Å². The van der Waals surface area contributed by atoms with Crippen LogP contribution in [0.15, 0.2) is 6.20 Å². The molecule has 0 amide bonds. The van der Waals surface area contributed by atoms with Crippen molar-refractivity contribution in [3.8, 4) is 11.9 Å². The second-order valence-electron chi connectivity index (χ2n) is 1.66. The molecule has 0 unspecified atom stereocenters. The average molecular weight is 153 g/mol. The highest BCUT2D eigenvalue weighted by atomic mass is 19.1. The van der Waals surface area contributed by atoms with Crippen molar-refractivity contribution < 1.29 is 9.13 Å². The number of aromatic nitrogens is 2. The summed E-state index contributed by atoms with van der Waals surface area (Å²) >= 11 is 0. The van der Waals surface area contributed by atoms with E-state index in [-0.39, 0.29) is 11.7 Å². The predicted molar refractivity (Wildman–Crippen MR) is 33.3 cm³/mol. The van der Waals surface area contributed by atoms with E-state index < -0.39 is 5.82 Å². The third-order valence-corrected chi connectivity index (χ3v) is 1.01. The van der Waals surface area contributed by atoms with E-state index in [9.17, 15) is 4.39 Å². The standard InChI is InChI=1S/C6H4FN3O/c1-11-6-4(7)3-9-5(2-8)10-6/h3H,1H3. The van der Waals surface area contributed by atoms with Gasteiger partial charge in [0.1, 0.15) is 6.07 Å². The Morgan fingerprint density at radius 2 is 2.45 bits per heavy atom. The highest BCUT2D eigenvalue weighted by Crippen LogP contribution is 2.10. The normalized spacial score (nSPS) is 8.82. The topological polar surface area (TPSA) is 58.8 Å². The third kappa shape index (κ3) is 1.41. The van der Waals surface area contributed by atoms with E-state index in [2.05, 4.69) is 14.7 Å².